The third kappa shape index (κ3) is 4.03. The Hall–Kier alpha value is -2.73. The zero-order valence-corrected chi connectivity index (χ0v) is 15.1. The second-order valence-electron chi connectivity index (χ2n) is 5.37. The lowest BCUT2D eigenvalue weighted by Gasteiger charge is -2.22. The first-order valence-corrected chi connectivity index (χ1v) is 10.5. The van der Waals surface area contributed by atoms with Gasteiger partial charge in [-0.3, -0.25) is 5.20 Å². The molecule has 5 heteroatoms. The van der Waals surface area contributed by atoms with Crippen LogP contribution in [-0.4, -0.2) is 6.21 Å². The lowest BCUT2D eigenvalue weighted by Crippen LogP contribution is -2.24. The van der Waals surface area contributed by atoms with Gasteiger partial charge in [0.2, 0.25) is 0 Å². The minimum Gasteiger partial charge on any atom is -0.272 e. The maximum absolute atomic E-state index is 8.86. The quantitative estimate of drug-likeness (QED) is 0.430. The number of hydrazone groups is 1. The molecule has 0 radical (unpaired) electrons. The monoisotopic (exact) mass is 361 g/mol. The first-order valence-electron chi connectivity index (χ1n) is 7.74. The molecule has 122 valence electrons. The summed E-state index contributed by atoms with van der Waals surface area (Å²) in [6.45, 7) is 0. The van der Waals surface area contributed by atoms with Crippen molar-refractivity contribution in [2.45, 2.75) is 0 Å². The van der Waals surface area contributed by atoms with Crippen LogP contribution in [0.25, 0.3) is 0 Å². The maximum atomic E-state index is 8.86. The summed E-state index contributed by atoms with van der Waals surface area (Å²) in [6, 6.07) is 29.4. The average Bonchev–Trinajstić information content (AvgIpc) is 2.70. The molecule has 3 aromatic carbocycles. The van der Waals surface area contributed by atoms with Crippen LogP contribution < -0.4 is 15.8 Å². The van der Waals surface area contributed by atoms with Crippen molar-refractivity contribution in [3.05, 3.63) is 96.1 Å². The summed E-state index contributed by atoms with van der Waals surface area (Å²) in [5.41, 5.74) is 1.54. The van der Waals surface area contributed by atoms with Crippen LogP contribution in [0.3, 0.4) is 0 Å². The van der Waals surface area contributed by atoms with Crippen LogP contribution in [0.15, 0.2) is 90.0 Å². The van der Waals surface area contributed by atoms with E-state index in [-0.39, 0.29) is 0 Å². The third-order valence-electron chi connectivity index (χ3n) is 3.69. The SMILES string of the molecule is N#Cc1ccc(C=NNP(=S)(c2ccccc2)c2ccccc2)cc1. The molecule has 3 nitrogen and oxygen atoms in total. The first kappa shape index (κ1) is 17.1. The largest absolute Gasteiger partial charge is 0.272 e. The van der Waals surface area contributed by atoms with Gasteiger partial charge in [0.15, 0.2) is 0 Å². The van der Waals surface area contributed by atoms with Gasteiger partial charge < -0.3 is 0 Å². The van der Waals surface area contributed by atoms with Crippen molar-refractivity contribution in [1.82, 2.24) is 5.20 Å². The summed E-state index contributed by atoms with van der Waals surface area (Å²) in [5.74, 6) is 0. The Bertz CT molecular complexity index is 902. The molecule has 0 aliphatic rings. The Morgan fingerprint density at radius 2 is 1.36 bits per heavy atom. The predicted octanol–water partition coefficient (Wildman–Crippen LogP) is 3.53. The Morgan fingerprint density at radius 3 is 1.84 bits per heavy atom. The van der Waals surface area contributed by atoms with Crippen molar-refractivity contribution in [2.24, 2.45) is 5.10 Å². The minimum absolute atomic E-state index is 0.629. The highest BCUT2D eigenvalue weighted by molar-refractivity contribution is 8.20. The van der Waals surface area contributed by atoms with Crippen LogP contribution in [0, 0.1) is 11.3 Å². The smallest absolute Gasteiger partial charge is 0.106 e. The van der Waals surface area contributed by atoms with Crippen molar-refractivity contribution in [3.8, 4) is 6.07 Å². The summed E-state index contributed by atoms with van der Waals surface area (Å²) in [5, 5.41) is 18.6. The van der Waals surface area contributed by atoms with E-state index in [1.54, 1.807) is 18.3 Å². The van der Waals surface area contributed by atoms with E-state index in [9.17, 15) is 0 Å². The molecule has 0 aliphatic carbocycles. The van der Waals surface area contributed by atoms with Crippen molar-refractivity contribution in [1.29, 1.82) is 5.26 Å². The summed E-state index contributed by atoms with van der Waals surface area (Å²) >= 11 is 6.03. The van der Waals surface area contributed by atoms with Crippen molar-refractivity contribution in [3.63, 3.8) is 0 Å². The molecule has 0 amide bonds. The van der Waals surface area contributed by atoms with Crippen molar-refractivity contribution in [2.75, 3.05) is 0 Å². The van der Waals surface area contributed by atoms with E-state index in [4.69, 9.17) is 17.1 Å². The molecule has 0 saturated carbocycles. The Kier molecular flexibility index (Phi) is 5.40. The summed E-state index contributed by atoms with van der Waals surface area (Å²) < 4.78 is 0. The normalized spacial score (nSPS) is 11.2. The molecule has 3 aromatic rings. The summed E-state index contributed by atoms with van der Waals surface area (Å²) in [6.07, 6.45) is -0.513. The van der Waals surface area contributed by atoms with Crippen LogP contribution >= 0.6 is 6.19 Å². The molecule has 3 rings (SSSR count). The molecule has 25 heavy (non-hydrogen) atoms. The molecule has 1 N–H and O–H groups in total. The van der Waals surface area contributed by atoms with Crippen LogP contribution in [0.1, 0.15) is 11.1 Å². The van der Waals surface area contributed by atoms with Crippen LogP contribution in [0.4, 0.5) is 0 Å². The number of nitrogens with one attached hydrogen (secondary N) is 1. The number of nitriles is 1. The topological polar surface area (TPSA) is 48.2 Å². The number of nitrogens with zero attached hydrogens (tertiary/aromatic N) is 2. The second kappa shape index (κ2) is 7.90. The Balaban J connectivity index is 1.90. The molecular weight excluding hydrogens is 345 g/mol. The fraction of sp³-hybridized carbons (Fsp3) is 0. The first-order chi connectivity index (χ1) is 12.2. The number of hydrogen-bond acceptors (Lipinski definition) is 3. The minimum atomic E-state index is -2.24. The van der Waals surface area contributed by atoms with Crippen molar-refractivity contribution < 1.29 is 0 Å². The van der Waals surface area contributed by atoms with Gasteiger partial charge in [-0.05, 0) is 17.7 Å². The van der Waals surface area contributed by atoms with Crippen molar-refractivity contribution >= 4 is 34.8 Å². The van der Waals surface area contributed by atoms with Crippen LogP contribution in [0.5, 0.6) is 0 Å². The molecule has 0 unspecified atom stereocenters. The van der Waals surface area contributed by atoms with Gasteiger partial charge in [0.1, 0.15) is 6.19 Å². The zero-order valence-electron chi connectivity index (χ0n) is 13.4. The van der Waals surface area contributed by atoms with E-state index in [2.05, 4.69) is 16.4 Å². The van der Waals surface area contributed by atoms with Crippen LogP contribution in [0.2, 0.25) is 0 Å². The molecular formula is C20H16N3PS. The highest BCUT2D eigenvalue weighted by atomic mass is 32.4. The van der Waals surface area contributed by atoms with Gasteiger partial charge in [-0.15, -0.1) is 0 Å². The highest BCUT2D eigenvalue weighted by Crippen LogP contribution is 2.38. The third-order valence-corrected chi connectivity index (χ3v) is 7.65. The van der Waals surface area contributed by atoms with Gasteiger partial charge in [-0.2, -0.15) is 10.4 Å². The lowest BCUT2D eigenvalue weighted by molar-refractivity contribution is 1.11. The van der Waals surface area contributed by atoms with Gasteiger partial charge >= 0.3 is 0 Å². The highest BCUT2D eigenvalue weighted by Gasteiger charge is 2.21. The van der Waals surface area contributed by atoms with E-state index in [1.807, 2.05) is 72.8 Å². The fourth-order valence-corrected chi connectivity index (χ4v) is 5.17. The second-order valence-corrected chi connectivity index (χ2v) is 9.47. The molecule has 0 spiro atoms. The predicted molar refractivity (Wildman–Crippen MR) is 108 cm³/mol. The maximum Gasteiger partial charge on any atom is 0.106 e. The molecule has 0 aliphatic heterocycles. The summed E-state index contributed by atoms with van der Waals surface area (Å²) in [4.78, 5) is 0. The van der Waals surface area contributed by atoms with E-state index in [1.165, 1.54) is 0 Å². The molecule has 0 atom stereocenters. The standard InChI is InChI=1S/C20H16N3PS/c21-15-17-11-13-18(14-12-17)16-22-23-24(25,19-7-3-1-4-8-19)20-9-5-2-6-10-20/h1-14,16H,(H,23,25). The summed E-state index contributed by atoms with van der Waals surface area (Å²) in [7, 11) is 0. The van der Waals surface area contributed by atoms with E-state index in [0.29, 0.717) is 5.56 Å². The molecule has 0 fully saturated rings. The number of benzene rings is 3. The van der Waals surface area contributed by atoms with Gasteiger partial charge in [-0.25, -0.2) is 0 Å². The van der Waals surface area contributed by atoms with Gasteiger partial charge in [-0.1, -0.05) is 84.6 Å². The lowest BCUT2D eigenvalue weighted by atomic mass is 10.2. The Labute approximate surface area is 152 Å². The molecule has 0 aromatic heterocycles. The Morgan fingerprint density at radius 1 is 0.840 bits per heavy atom. The fourth-order valence-electron chi connectivity index (χ4n) is 2.37. The van der Waals surface area contributed by atoms with E-state index in [0.717, 1.165) is 16.2 Å². The van der Waals surface area contributed by atoms with Gasteiger partial charge in [0, 0.05) is 10.6 Å². The van der Waals surface area contributed by atoms with Gasteiger partial charge in [0.05, 0.1) is 17.8 Å². The van der Waals surface area contributed by atoms with E-state index >= 15 is 0 Å². The molecule has 0 heterocycles. The number of rotatable bonds is 5. The number of hydrogen-bond donors (Lipinski definition) is 1. The average molecular weight is 361 g/mol. The molecule has 0 bridgehead atoms. The van der Waals surface area contributed by atoms with Crippen LogP contribution in [-0.2, 0) is 11.8 Å². The molecule has 0 saturated heterocycles. The van der Waals surface area contributed by atoms with E-state index < -0.39 is 6.19 Å². The van der Waals surface area contributed by atoms with Gasteiger partial charge in [0.25, 0.3) is 0 Å². The zero-order chi connectivity index (χ0) is 17.5.